The SMILES string of the molecule is O=Cc1ccnc(OCC(F)F)c1. The number of aromatic nitrogens is 1. The largest absolute Gasteiger partial charge is 0.472 e. The van der Waals surface area contributed by atoms with Crippen molar-refractivity contribution in [1.29, 1.82) is 0 Å². The smallest absolute Gasteiger partial charge is 0.272 e. The van der Waals surface area contributed by atoms with Gasteiger partial charge in [0.25, 0.3) is 6.43 Å². The van der Waals surface area contributed by atoms with Crippen molar-refractivity contribution in [3.63, 3.8) is 0 Å². The maximum absolute atomic E-state index is 11.7. The second kappa shape index (κ2) is 4.49. The van der Waals surface area contributed by atoms with Gasteiger partial charge in [-0.15, -0.1) is 0 Å². The quantitative estimate of drug-likeness (QED) is 0.671. The summed E-state index contributed by atoms with van der Waals surface area (Å²) in [4.78, 5) is 13.9. The molecule has 0 spiro atoms. The van der Waals surface area contributed by atoms with Crippen LogP contribution < -0.4 is 4.74 Å². The first-order chi connectivity index (χ1) is 6.22. The monoisotopic (exact) mass is 187 g/mol. The maximum atomic E-state index is 11.7. The van der Waals surface area contributed by atoms with Crippen LogP contribution in [0, 0.1) is 0 Å². The van der Waals surface area contributed by atoms with Crippen molar-refractivity contribution in [1.82, 2.24) is 4.98 Å². The van der Waals surface area contributed by atoms with Crippen LogP contribution in [0.5, 0.6) is 5.88 Å². The summed E-state index contributed by atoms with van der Waals surface area (Å²) in [5.74, 6) is 0.0323. The van der Waals surface area contributed by atoms with E-state index < -0.39 is 13.0 Å². The Labute approximate surface area is 73.4 Å². The Morgan fingerprint density at radius 1 is 1.62 bits per heavy atom. The summed E-state index contributed by atoms with van der Waals surface area (Å²) in [5, 5.41) is 0. The second-order valence-corrected chi connectivity index (χ2v) is 2.25. The van der Waals surface area contributed by atoms with Gasteiger partial charge in [0.2, 0.25) is 5.88 Å². The fraction of sp³-hybridized carbons (Fsp3) is 0.250. The highest BCUT2D eigenvalue weighted by atomic mass is 19.3. The standard InChI is InChI=1S/C8H7F2NO2/c9-7(10)5-13-8-3-6(4-12)1-2-11-8/h1-4,7H,5H2. The molecule has 0 atom stereocenters. The lowest BCUT2D eigenvalue weighted by Gasteiger charge is -2.03. The van der Waals surface area contributed by atoms with Gasteiger partial charge in [0.15, 0.2) is 6.61 Å². The predicted octanol–water partition coefficient (Wildman–Crippen LogP) is 1.54. The predicted molar refractivity (Wildman–Crippen MR) is 41.1 cm³/mol. The highest BCUT2D eigenvalue weighted by molar-refractivity contribution is 5.74. The number of alkyl halides is 2. The van der Waals surface area contributed by atoms with Crippen molar-refractivity contribution in [2.24, 2.45) is 0 Å². The third-order valence-electron chi connectivity index (χ3n) is 1.25. The average Bonchev–Trinajstić information content (AvgIpc) is 2.15. The molecule has 0 unspecified atom stereocenters. The topological polar surface area (TPSA) is 39.2 Å². The molecule has 1 aromatic heterocycles. The van der Waals surface area contributed by atoms with E-state index in [1.807, 2.05) is 0 Å². The molecule has 0 aliphatic rings. The fourth-order valence-corrected chi connectivity index (χ4v) is 0.725. The number of ether oxygens (including phenoxy) is 1. The van der Waals surface area contributed by atoms with Crippen molar-refractivity contribution in [2.45, 2.75) is 6.43 Å². The summed E-state index contributed by atoms with van der Waals surface area (Å²) in [6.07, 6.45) is -0.622. The summed E-state index contributed by atoms with van der Waals surface area (Å²) >= 11 is 0. The number of hydrogen-bond donors (Lipinski definition) is 0. The minimum Gasteiger partial charge on any atom is -0.472 e. The molecule has 3 nitrogen and oxygen atoms in total. The molecule has 0 aliphatic heterocycles. The van der Waals surface area contributed by atoms with Crippen molar-refractivity contribution in [2.75, 3.05) is 6.61 Å². The lowest BCUT2D eigenvalue weighted by molar-refractivity contribution is 0.0795. The molecular weight excluding hydrogens is 180 g/mol. The van der Waals surface area contributed by atoms with E-state index in [2.05, 4.69) is 9.72 Å². The van der Waals surface area contributed by atoms with Crippen molar-refractivity contribution in [3.05, 3.63) is 23.9 Å². The summed E-state index contributed by atoms with van der Waals surface area (Å²) in [5.41, 5.74) is 0.347. The van der Waals surface area contributed by atoms with E-state index in [1.54, 1.807) is 0 Å². The molecule has 1 heterocycles. The van der Waals surface area contributed by atoms with E-state index in [4.69, 9.17) is 0 Å². The second-order valence-electron chi connectivity index (χ2n) is 2.25. The van der Waals surface area contributed by atoms with Gasteiger partial charge in [0.05, 0.1) is 0 Å². The lowest BCUT2D eigenvalue weighted by atomic mass is 10.3. The van der Waals surface area contributed by atoms with Gasteiger partial charge < -0.3 is 4.74 Å². The summed E-state index contributed by atoms with van der Waals surface area (Å²) in [7, 11) is 0. The van der Waals surface area contributed by atoms with Crippen LogP contribution in [-0.4, -0.2) is 24.3 Å². The summed E-state index contributed by atoms with van der Waals surface area (Å²) < 4.78 is 28.0. The number of pyridine rings is 1. The van der Waals surface area contributed by atoms with Gasteiger partial charge in [-0.25, -0.2) is 13.8 Å². The highest BCUT2D eigenvalue weighted by Crippen LogP contribution is 2.08. The third-order valence-corrected chi connectivity index (χ3v) is 1.25. The van der Waals surface area contributed by atoms with E-state index >= 15 is 0 Å². The first-order valence-corrected chi connectivity index (χ1v) is 3.54. The zero-order valence-electron chi connectivity index (χ0n) is 6.61. The number of halogens is 2. The normalized spacial score (nSPS) is 10.1. The number of nitrogens with zero attached hydrogens (tertiary/aromatic N) is 1. The lowest BCUT2D eigenvalue weighted by Crippen LogP contribution is -2.07. The molecule has 70 valence electrons. The van der Waals surface area contributed by atoms with Crippen LogP contribution in [0.25, 0.3) is 0 Å². The molecule has 5 heteroatoms. The maximum Gasteiger partial charge on any atom is 0.272 e. The number of hydrogen-bond acceptors (Lipinski definition) is 3. The van der Waals surface area contributed by atoms with Crippen molar-refractivity contribution >= 4 is 6.29 Å². The van der Waals surface area contributed by atoms with E-state index in [0.717, 1.165) is 0 Å². The Balaban J connectivity index is 2.61. The average molecular weight is 187 g/mol. The number of aldehydes is 1. The van der Waals surface area contributed by atoms with Gasteiger partial charge >= 0.3 is 0 Å². The van der Waals surface area contributed by atoms with Gasteiger partial charge in [0, 0.05) is 17.8 Å². The van der Waals surface area contributed by atoms with Crippen LogP contribution in [-0.2, 0) is 0 Å². The Morgan fingerprint density at radius 2 is 2.38 bits per heavy atom. The minimum atomic E-state index is -2.54. The van der Waals surface area contributed by atoms with Crippen LogP contribution >= 0.6 is 0 Å². The molecule has 0 saturated heterocycles. The highest BCUT2D eigenvalue weighted by Gasteiger charge is 2.04. The van der Waals surface area contributed by atoms with E-state index in [0.29, 0.717) is 11.8 Å². The van der Waals surface area contributed by atoms with Gasteiger partial charge in [-0.1, -0.05) is 0 Å². The van der Waals surface area contributed by atoms with E-state index in [1.165, 1.54) is 18.3 Å². The van der Waals surface area contributed by atoms with Crippen LogP contribution in [0.4, 0.5) is 8.78 Å². The summed E-state index contributed by atoms with van der Waals surface area (Å²) in [6, 6.07) is 2.76. The van der Waals surface area contributed by atoms with Crippen LogP contribution in [0.2, 0.25) is 0 Å². The number of carbonyl (C=O) groups is 1. The number of carbonyl (C=O) groups excluding carboxylic acids is 1. The van der Waals surface area contributed by atoms with Crippen LogP contribution in [0.15, 0.2) is 18.3 Å². The van der Waals surface area contributed by atoms with Gasteiger partial charge in [-0.2, -0.15) is 0 Å². The molecule has 0 fully saturated rings. The molecule has 0 aromatic carbocycles. The summed E-state index contributed by atoms with van der Waals surface area (Å²) in [6.45, 7) is -0.713. The van der Waals surface area contributed by atoms with Crippen LogP contribution in [0.3, 0.4) is 0 Å². The Bertz CT molecular complexity index is 291. The zero-order valence-corrected chi connectivity index (χ0v) is 6.61. The molecule has 0 amide bonds. The minimum absolute atomic E-state index is 0.0323. The first-order valence-electron chi connectivity index (χ1n) is 3.54. The molecule has 0 N–H and O–H groups in total. The molecule has 0 saturated carbocycles. The van der Waals surface area contributed by atoms with E-state index in [-0.39, 0.29) is 5.88 Å². The molecule has 0 aliphatic carbocycles. The Kier molecular flexibility index (Phi) is 3.31. The fourth-order valence-electron chi connectivity index (χ4n) is 0.725. The van der Waals surface area contributed by atoms with Crippen LogP contribution in [0.1, 0.15) is 10.4 Å². The molecule has 1 aromatic rings. The zero-order chi connectivity index (χ0) is 9.68. The molecule has 13 heavy (non-hydrogen) atoms. The first kappa shape index (κ1) is 9.57. The number of rotatable bonds is 4. The van der Waals surface area contributed by atoms with Crippen molar-refractivity contribution in [3.8, 4) is 5.88 Å². The molecule has 0 radical (unpaired) electrons. The third kappa shape index (κ3) is 3.14. The van der Waals surface area contributed by atoms with Crippen molar-refractivity contribution < 1.29 is 18.3 Å². The van der Waals surface area contributed by atoms with Gasteiger partial charge in [-0.05, 0) is 6.07 Å². The van der Waals surface area contributed by atoms with E-state index in [9.17, 15) is 13.6 Å². The molecular formula is C8H7F2NO2. The Morgan fingerprint density at radius 3 is 3.00 bits per heavy atom. The molecule has 1 rings (SSSR count). The van der Waals surface area contributed by atoms with Gasteiger partial charge in [-0.3, -0.25) is 4.79 Å². The Hall–Kier alpha value is -1.52. The molecule has 0 bridgehead atoms. The van der Waals surface area contributed by atoms with Gasteiger partial charge in [0.1, 0.15) is 6.29 Å².